The first kappa shape index (κ1) is 18.5. The second-order valence-corrected chi connectivity index (χ2v) is 9.39. The van der Waals surface area contributed by atoms with Crippen LogP contribution >= 0.6 is 23.1 Å². The van der Waals surface area contributed by atoms with Crippen LogP contribution in [-0.4, -0.2) is 22.8 Å². The second kappa shape index (κ2) is 7.39. The number of fused-ring (bicyclic) bond motifs is 5. The molecule has 3 aromatic rings. The number of aryl methyl sites for hydroxylation is 1. The highest BCUT2D eigenvalue weighted by Gasteiger charge is 2.39. The molecule has 148 valence electrons. The van der Waals surface area contributed by atoms with Gasteiger partial charge in [0, 0.05) is 33.7 Å². The van der Waals surface area contributed by atoms with E-state index in [-0.39, 0.29) is 23.2 Å². The fourth-order valence-corrected chi connectivity index (χ4v) is 6.73. The average molecular weight is 425 g/mol. The highest BCUT2D eigenvalue weighted by atomic mass is 32.2. The zero-order valence-corrected chi connectivity index (χ0v) is 17.5. The van der Waals surface area contributed by atoms with E-state index in [2.05, 4.69) is 11.4 Å². The molecule has 1 N–H and O–H groups in total. The van der Waals surface area contributed by atoms with E-state index in [0.717, 1.165) is 38.2 Å². The van der Waals surface area contributed by atoms with Gasteiger partial charge in [-0.2, -0.15) is 0 Å². The van der Waals surface area contributed by atoms with Crippen molar-refractivity contribution in [1.82, 2.24) is 4.57 Å². The Bertz CT molecular complexity index is 1150. The summed E-state index contributed by atoms with van der Waals surface area (Å²) in [7, 11) is 0. The van der Waals surface area contributed by atoms with Gasteiger partial charge in [0.15, 0.2) is 0 Å². The molecule has 2 aliphatic heterocycles. The number of hydrogen-bond donors (Lipinski definition) is 1. The molecule has 0 radical (unpaired) electrons. The summed E-state index contributed by atoms with van der Waals surface area (Å²) in [5.41, 5.74) is 2.92. The Balaban J connectivity index is 1.46. The number of carbonyl (C=O) groups is 1. The molecule has 0 fully saturated rings. The van der Waals surface area contributed by atoms with Gasteiger partial charge < -0.3 is 10.1 Å². The summed E-state index contributed by atoms with van der Waals surface area (Å²) >= 11 is 2.93. The van der Waals surface area contributed by atoms with Gasteiger partial charge in [-0.1, -0.05) is 47.7 Å². The van der Waals surface area contributed by atoms with Crippen molar-refractivity contribution in [3.05, 3.63) is 74.2 Å². The van der Waals surface area contributed by atoms with E-state index >= 15 is 0 Å². The molecule has 1 aromatic heterocycles. The van der Waals surface area contributed by atoms with E-state index < -0.39 is 0 Å². The second-order valence-electron chi connectivity index (χ2n) is 7.38. The largest absolute Gasteiger partial charge is 0.493 e. The van der Waals surface area contributed by atoms with Gasteiger partial charge in [-0.05, 0) is 24.6 Å². The average Bonchev–Trinajstić information content (AvgIpc) is 3.04. The Labute approximate surface area is 176 Å². The Morgan fingerprint density at radius 3 is 2.86 bits per heavy atom. The summed E-state index contributed by atoms with van der Waals surface area (Å²) in [5.74, 6) is 2.10. The molecule has 2 aromatic carbocycles. The summed E-state index contributed by atoms with van der Waals surface area (Å²) in [6.45, 7) is 2.64. The smallest absolute Gasteiger partial charge is 0.308 e. The van der Waals surface area contributed by atoms with Crippen LogP contribution in [0.4, 0.5) is 5.69 Å². The van der Waals surface area contributed by atoms with E-state index in [0.29, 0.717) is 12.5 Å². The van der Waals surface area contributed by atoms with Crippen molar-refractivity contribution in [2.45, 2.75) is 24.4 Å². The van der Waals surface area contributed by atoms with Crippen molar-refractivity contribution in [2.24, 2.45) is 5.92 Å². The molecule has 2 aliphatic rings. The molecule has 2 atom stereocenters. The van der Waals surface area contributed by atoms with Crippen molar-refractivity contribution in [3.8, 4) is 5.75 Å². The topological polar surface area (TPSA) is 60.3 Å². The number of benzene rings is 2. The summed E-state index contributed by atoms with van der Waals surface area (Å²) in [5, 5.41) is 3.86. The van der Waals surface area contributed by atoms with Crippen LogP contribution < -0.4 is 14.9 Å². The maximum absolute atomic E-state index is 12.8. The van der Waals surface area contributed by atoms with E-state index in [4.69, 9.17) is 4.74 Å². The summed E-state index contributed by atoms with van der Waals surface area (Å²) in [4.78, 5) is 26.4. The molecule has 29 heavy (non-hydrogen) atoms. The lowest BCUT2D eigenvalue weighted by atomic mass is 9.84. The fourth-order valence-electron chi connectivity index (χ4n) is 4.04. The number of thiazole rings is 1. The van der Waals surface area contributed by atoms with Crippen molar-refractivity contribution in [3.63, 3.8) is 0 Å². The van der Waals surface area contributed by atoms with Crippen LogP contribution in [0.3, 0.4) is 0 Å². The number of thioether (sulfide) groups is 1. The molecule has 5 nitrogen and oxygen atoms in total. The lowest BCUT2D eigenvalue weighted by Gasteiger charge is -2.36. The van der Waals surface area contributed by atoms with Gasteiger partial charge >= 0.3 is 4.87 Å². The number of ether oxygens (including phenoxy) is 1. The Morgan fingerprint density at radius 1 is 1.21 bits per heavy atom. The van der Waals surface area contributed by atoms with Crippen LogP contribution in [0.25, 0.3) is 0 Å². The molecule has 1 amide bonds. The molecular weight excluding hydrogens is 404 g/mol. The first-order chi connectivity index (χ1) is 14.1. The molecule has 0 aliphatic carbocycles. The number of para-hydroxylation sites is 2. The number of nitrogens with one attached hydrogen (secondary N) is 1. The number of anilines is 1. The molecule has 7 heteroatoms. The first-order valence-electron chi connectivity index (χ1n) is 9.55. The number of aromatic nitrogens is 1. The Hall–Kier alpha value is -2.51. The SMILES string of the molecule is Cc1ccccc1NC(=O)Cn1c2c(sc1=O)[C@H]1c3ccccc3OC[C@@H]1CS2. The predicted molar refractivity (Wildman–Crippen MR) is 116 cm³/mol. The molecular formula is C22H20N2O3S2. The quantitative estimate of drug-likeness (QED) is 0.688. The third-order valence-corrected chi connectivity index (χ3v) is 7.99. The molecule has 3 heterocycles. The van der Waals surface area contributed by atoms with Gasteiger partial charge in [0.1, 0.15) is 12.3 Å². The number of nitrogens with zero attached hydrogens (tertiary/aromatic N) is 1. The van der Waals surface area contributed by atoms with Crippen molar-refractivity contribution >= 4 is 34.7 Å². The van der Waals surface area contributed by atoms with Crippen LogP contribution in [0.5, 0.6) is 5.75 Å². The van der Waals surface area contributed by atoms with Gasteiger partial charge in [0.2, 0.25) is 5.91 Å². The minimum absolute atomic E-state index is 0.0293. The van der Waals surface area contributed by atoms with Gasteiger partial charge in [-0.15, -0.1) is 11.8 Å². The lowest BCUT2D eigenvalue weighted by molar-refractivity contribution is -0.116. The fraction of sp³-hybridized carbons (Fsp3) is 0.273. The molecule has 0 saturated heterocycles. The van der Waals surface area contributed by atoms with Crippen LogP contribution in [0.1, 0.15) is 21.9 Å². The Morgan fingerprint density at radius 2 is 2.00 bits per heavy atom. The maximum Gasteiger partial charge on any atom is 0.308 e. The van der Waals surface area contributed by atoms with Crippen LogP contribution in [-0.2, 0) is 11.3 Å². The highest BCUT2D eigenvalue weighted by molar-refractivity contribution is 7.99. The maximum atomic E-state index is 12.8. The lowest BCUT2D eigenvalue weighted by Crippen LogP contribution is -2.31. The van der Waals surface area contributed by atoms with Gasteiger partial charge in [-0.3, -0.25) is 14.2 Å². The molecule has 0 spiro atoms. The monoisotopic (exact) mass is 424 g/mol. The standard InChI is InChI=1S/C22H20N2O3S2/c1-13-6-2-4-8-16(13)23-18(25)10-24-21-20(29-22(24)26)19-14(12-28-21)11-27-17-9-5-3-7-15(17)19/h2-9,14,19H,10-12H2,1H3,(H,23,25)/t14-,19-/m1/s1. The molecule has 0 saturated carbocycles. The number of hydrogen-bond acceptors (Lipinski definition) is 5. The zero-order chi connectivity index (χ0) is 20.0. The van der Waals surface area contributed by atoms with Crippen LogP contribution in [0.15, 0.2) is 58.4 Å². The number of amides is 1. The minimum atomic E-state index is -0.183. The van der Waals surface area contributed by atoms with Gasteiger partial charge in [-0.25, -0.2) is 0 Å². The third kappa shape index (κ3) is 3.28. The van der Waals surface area contributed by atoms with E-state index in [1.807, 2.05) is 49.4 Å². The van der Waals surface area contributed by atoms with Gasteiger partial charge in [0.25, 0.3) is 0 Å². The summed E-state index contributed by atoms with van der Waals surface area (Å²) in [6.07, 6.45) is 0. The van der Waals surface area contributed by atoms with Gasteiger partial charge in [0.05, 0.1) is 11.6 Å². The summed E-state index contributed by atoms with van der Waals surface area (Å²) < 4.78 is 7.56. The highest BCUT2D eigenvalue weighted by Crippen LogP contribution is 2.50. The van der Waals surface area contributed by atoms with E-state index in [1.165, 1.54) is 11.3 Å². The number of carbonyl (C=O) groups excluding carboxylic acids is 1. The van der Waals surface area contributed by atoms with Crippen molar-refractivity contribution < 1.29 is 9.53 Å². The molecule has 5 rings (SSSR count). The van der Waals surface area contributed by atoms with Crippen LogP contribution in [0.2, 0.25) is 0 Å². The first-order valence-corrected chi connectivity index (χ1v) is 11.4. The zero-order valence-electron chi connectivity index (χ0n) is 15.9. The van der Waals surface area contributed by atoms with E-state index in [9.17, 15) is 9.59 Å². The molecule has 0 bridgehead atoms. The summed E-state index contributed by atoms with van der Waals surface area (Å²) in [6, 6.07) is 15.7. The van der Waals surface area contributed by atoms with E-state index in [1.54, 1.807) is 16.3 Å². The van der Waals surface area contributed by atoms with Crippen LogP contribution in [0, 0.1) is 12.8 Å². The normalized spacial score (nSPS) is 19.5. The van der Waals surface area contributed by atoms with Crippen molar-refractivity contribution in [2.75, 3.05) is 17.7 Å². The third-order valence-electron chi connectivity index (χ3n) is 5.49. The Kier molecular flexibility index (Phi) is 4.72. The predicted octanol–water partition coefficient (Wildman–Crippen LogP) is 4.10. The number of rotatable bonds is 3. The minimum Gasteiger partial charge on any atom is -0.493 e. The molecule has 0 unspecified atom stereocenters. The van der Waals surface area contributed by atoms with Crippen molar-refractivity contribution in [1.29, 1.82) is 0 Å².